The van der Waals surface area contributed by atoms with Gasteiger partial charge in [-0.2, -0.15) is 0 Å². The van der Waals surface area contributed by atoms with E-state index in [-0.39, 0.29) is 32.7 Å². The predicted octanol–water partition coefficient (Wildman–Crippen LogP) is 0.687. The van der Waals surface area contributed by atoms with Gasteiger partial charge in [0.25, 0.3) is 0 Å². The molecule has 12 heavy (non-hydrogen) atoms. The molecule has 0 aliphatic carbocycles. The Kier molecular flexibility index (Phi) is 43.1. The third-order valence-corrected chi connectivity index (χ3v) is 1.51. The first-order chi connectivity index (χ1) is 4.41. The number of rotatable bonds is 6. The minimum atomic E-state index is 0. The van der Waals surface area contributed by atoms with Crippen molar-refractivity contribution < 1.29 is 37.8 Å². The van der Waals surface area contributed by atoms with E-state index in [9.17, 15) is 0 Å². The Labute approximate surface area is 90.1 Å². The van der Waals surface area contributed by atoms with E-state index in [0.29, 0.717) is 6.61 Å². The monoisotopic (exact) mass is 214 g/mol. The standard InChI is InChI=1S/C8H18O.2H2O.Ti/c1-2-3-4-5-6-7-8-9;;;/h9H,2-8H2,1H3;2*1H2;. The van der Waals surface area contributed by atoms with Crippen LogP contribution in [0.2, 0.25) is 0 Å². The molecule has 0 aromatic carbocycles. The molecule has 0 amide bonds. The summed E-state index contributed by atoms with van der Waals surface area (Å²) in [6, 6.07) is 0. The maximum atomic E-state index is 8.42. The predicted molar refractivity (Wildman–Crippen MR) is 47.7 cm³/mol. The van der Waals surface area contributed by atoms with Crippen LogP contribution >= 0.6 is 0 Å². The molecule has 76 valence electrons. The molecule has 0 aromatic heterocycles. The van der Waals surface area contributed by atoms with Crippen molar-refractivity contribution in [1.29, 1.82) is 0 Å². The zero-order chi connectivity index (χ0) is 6.95. The number of hydrogen-bond donors (Lipinski definition) is 1. The fourth-order valence-electron chi connectivity index (χ4n) is 0.892. The summed E-state index contributed by atoms with van der Waals surface area (Å²) in [7, 11) is 0. The summed E-state index contributed by atoms with van der Waals surface area (Å²) in [6.07, 6.45) is 7.50. The molecule has 0 fully saturated rings. The van der Waals surface area contributed by atoms with Gasteiger partial charge in [-0.1, -0.05) is 39.0 Å². The van der Waals surface area contributed by atoms with Gasteiger partial charge in [0.15, 0.2) is 0 Å². The van der Waals surface area contributed by atoms with Crippen LogP contribution in [0.5, 0.6) is 0 Å². The Balaban J connectivity index is -0.000000107. The van der Waals surface area contributed by atoms with Crippen LogP contribution in [-0.2, 0) is 21.7 Å². The Morgan fingerprint density at radius 3 is 1.67 bits per heavy atom. The molecular formula is C8H22O3Ti. The molecular weight excluding hydrogens is 192 g/mol. The Morgan fingerprint density at radius 1 is 0.833 bits per heavy atom. The van der Waals surface area contributed by atoms with Crippen LogP contribution in [0.1, 0.15) is 45.4 Å². The normalized spacial score (nSPS) is 7.50. The van der Waals surface area contributed by atoms with Gasteiger partial charge in [-0.15, -0.1) is 0 Å². The molecule has 0 unspecified atom stereocenters. The molecule has 5 N–H and O–H groups in total. The van der Waals surface area contributed by atoms with Crippen molar-refractivity contribution in [2.75, 3.05) is 6.61 Å². The van der Waals surface area contributed by atoms with Gasteiger partial charge in [0.2, 0.25) is 0 Å². The van der Waals surface area contributed by atoms with E-state index < -0.39 is 0 Å². The summed E-state index contributed by atoms with van der Waals surface area (Å²) in [5.41, 5.74) is 0. The van der Waals surface area contributed by atoms with E-state index in [0.717, 1.165) is 6.42 Å². The number of unbranched alkanes of at least 4 members (excludes halogenated alkanes) is 5. The van der Waals surface area contributed by atoms with Gasteiger partial charge in [-0.3, -0.25) is 0 Å². The van der Waals surface area contributed by atoms with Gasteiger partial charge in [0.05, 0.1) is 0 Å². The molecule has 0 aromatic rings. The summed E-state index contributed by atoms with van der Waals surface area (Å²) >= 11 is 0. The molecule has 0 aliphatic rings. The van der Waals surface area contributed by atoms with E-state index in [1.54, 1.807) is 0 Å². The average molecular weight is 214 g/mol. The molecule has 0 heterocycles. The largest absolute Gasteiger partial charge is 0.412 e. The third kappa shape index (κ3) is 22.4. The minimum absolute atomic E-state index is 0. The fraction of sp³-hybridized carbons (Fsp3) is 1.00. The van der Waals surface area contributed by atoms with Crippen LogP contribution in [0.25, 0.3) is 0 Å². The molecule has 0 saturated carbocycles. The smallest absolute Gasteiger partial charge is 0.0431 e. The van der Waals surface area contributed by atoms with Crippen molar-refractivity contribution in [1.82, 2.24) is 0 Å². The molecule has 0 radical (unpaired) electrons. The second kappa shape index (κ2) is 22.6. The first-order valence-corrected chi connectivity index (χ1v) is 4.02. The van der Waals surface area contributed by atoms with Crippen molar-refractivity contribution in [2.45, 2.75) is 45.4 Å². The second-order valence-electron chi connectivity index (χ2n) is 2.49. The van der Waals surface area contributed by atoms with Crippen LogP contribution in [0.15, 0.2) is 0 Å². The number of hydrogen-bond acceptors (Lipinski definition) is 1. The second-order valence-corrected chi connectivity index (χ2v) is 2.49. The molecule has 0 aliphatic heterocycles. The average Bonchev–Trinajstić information content (AvgIpc) is 1.89. The quantitative estimate of drug-likeness (QED) is 0.512. The first kappa shape index (κ1) is 22.9. The summed E-state index contributed by atoms with van der Waals surface area (Å²) in [6.45, 7) is 2.58. The summed E-state index contributed by atoms with van der Waals surface area (Å²) in [4.78, 5) is 0. The van der Waals surface area contributed by atoms with Crippen molar-refractivity contribution in [3.63, 3.8) is 0 Å². The van der Waals surface area contributed by atoms with Crippen molar-refractivity contribution in [2.24, 2.45) is 0 Å². The Hall–Kier alpha value is 0.594. The maximum absolute atomic E-state index is 8.42. The topological polar surface area (TPSA) is 83.2 Å². The molecule has 0 saturated heterocycles. The minimum Gasteiger partial charge on any atom is -0.412 e. The van der Waals surface area contributed by atoms with Crippen molar-refractivity contribution in [3.05, 3.63) is 0 Å². The van der Waals surface area contributed by atoms with Crippen LogP contribution in [0.3, 0.4) is 0 Å². The van der Waals surface area contributed by atoms with E-state index in [1.807, 2.05) is 0 Å². The van der Waals surface area contributed by atoms with E-state index in [2.05, 4.69) is 6.92 Å². The Bertz CT molecular complexity index is 47.6. The first-order valence-electron chi connectivity index (χ1n) is 4.02. The van der Waals surface area contributed by atoms with Crippen LogP contribution in [0.4, 0.5) is 0 Å². The van der Waals surface area contributed by atoms with E-state index in [1.165, 1.54) is 32.1 Å². The van der Waals surface area contributed by atoms with Crippen LogP contribution in [0, 0.1) is 0 Å². The zero-order valence-electron chi connectivity index (χ0n) is 7.90. The molecule has 0 bridgehead atoms. The van der Waals surface area contributed by atoms with Gasteiger partial charge in [-0.25, -0.2) is 0 Å². The third-order valence-electron chi connectivity index (χ3n) is 1.51. The van der Waals surface area contributed by atoms with Gasteiger partial charge in [0, 0.05) is 28.3 Å². The van der Waals surface area contributed by atoms with Crippen LogP contribution in [-0.4, -0.2) is 22.7 Å². The molecule has 0 spiro atoms. The van der Waals surface area contributed by atoms with Gasteiger partial charge in [-0.05, 0) is 6.42 Å². The summed E-state index contributed by atoms with van der Waals surface area (Å²) < 4.78 is 0. The summed E-state index contributed by atoms with van der Waals surface area (Å²) in [5, 5.41) is 8.42. The summed E-state index contributed by atoms with van der Waals surface area (Å²) in [5.74, 6) is 0. The SMILES string of the molecule is CCCCCCCCO.O.O.[Ti]. The fourth-order valence-corrected chi connectivity index (χ4v) is 0.892. The molecule has 3 nitrogen and oxygen atoms in total. The Morgan fingerprint density at radius 2 is 1.25 bits per heavy atom. The van der Waals surface area contributed by atoms with Crippen molar-refractivity contribution in [3.8, 4) is 0 Å². The van der Waals surface area contributed by atoms with E-state index >= 15 is 0 Å². The number of aliphatic hydroxyl groups is 1. The van der Waals surface area contributed by atoms with Gasteiger partial charge >= 0.3 is 0 Å². The number of aliphatic hydroxyl groups excluding tert-OH is 1. The van der Waals surface area contributed by atoms with E-state index in [4.69, 9.17) is 5.11 Å². The van der Waals surface area contributed by atoms with Crippen molar-refractivity contribution >= 4 is 0 Å². The molecule has 0 rings (SSSR count). The zero-order valence-corrected chi connectivity index (χ0v) is 9.46. The maximum Gasteiger partial charge on any atom is 0.0431 e. The molecule has 4 heteroatoms. The van der Waals surface area contributed by atoms with Gasteiger partial charge < -0.3 is 16.1 Å². The van der Waals surface area contributed by atoms with Gasteiger partial charge in [0.1, 0.15) is 0 Å². The van der Waals surface area contributed by atoms with Crippen LogP contribution < -0.4 is 0 Å². The molecule has 0 atom stereocenters.